The van der Waals surface area contributed by atoms with Gasteiger partial charge < -0.3 is 19.7 Å². The molecule has 1 aromatic rings. The van der Waals surface area contributed by atoms with Gasteiger partial charge in [-0.05, 0) is 43.3 Å². The van der Waals surface area contributed by atoms with Crippen LogP contribution in [0.3, 0.4) is 0 Å². The summed E-state index contributed by atoms with van der Waals surface area (Å²) in [6, 6.07) is 5.58. The molecule has 0 bridgehead atoms. The van der Waals surface area contributed by atoms with Crippen LogP contribution in [0.15, 0.2) is 24.3 Å². The Hall–Kier alpha value is -2.23. The molecule has 2 atom stereocenters. The van der Waals surface area contributed by atoms with Gasteiger partial charge in [0.15, 0.2) is 5.11 Å². The predicted molar refractivity (Wildman–Crippen MR) is 110 cm³/mol. The van der Waals surface area contributed by atoms with E-state index in [1.54, 1.807) is 18.2 Å². The van der Waals surface area contributed by atoms with Crippen LogP contribution in [0.5, 0.6) is 0 Å². The maximum Gasteiger partial charge on any atom is 0.308 e. The van der Waals surface area contributed by atoms with Crippen LogP contribution < -0.4 is 10.6 Å². The van der Waals surface area contributed by atoms with Gasteiger partial charge in [0, 0.05) is 30.3 Å². The number of esters is 1. The molecule has 10 heteroatoms. The largest absolute Gasteiger partial charge is 0.463 e. The molecule has 0 spiro atoms. The molecule has 2 aliphatic heterocycles. The number of amides is 2. The molecule has 8 nitrogen and oxygen atoms in total. The first-order valence-electron chi connectivity index (χ1n) is 9.36. The maximum absolute atomic E-state index is 12.4. The third-order valence-corrected chi connectivity index (χ3v) is 5.28. The molecule has 2 aliphatic rings. The highest BCUT2D eigenvalue weighted by atomic mass is 35.5. The van der Waals surface area contributed by atoms with Crippen LogP contribution in [0.1, 0.15) is 29.6 Å². The molecule has 0 aliphatic carbocycles. The molecule has 156 valence electrons. The van der Waals surface area contributed by atoms with Crippen LogP contribution >= 0.6 is 23.8 Å². The number of halogens is 1. The molecular formula is C19H22ClN3O5S. The number of rotatable bonds is 5. The first kappa shape index (κ1) is 21.5. The Balaban J connectivity index is 1.59. The quantitative estimate of drug-likeness (QED) is 0.526. The third kappa shape index (κ3) is 5.88. The van der Waals surface area contributed by atoms with Gasteiger partial charge in [-0.25, -0.2) is 0 Å². The van der Waals surface area contributed by atoms with Gasteiger partial charge in [-0.1, -0.05) is 17.7 Å². The number of carbonyl (C=O) groups excluding carboxylic acids is 3. The first-order chi connectivity index (χ1) is 13.9. The Bertz CT molecular complexity index is 800. The van der Waals surface area contributed by atoms with Crippen molar-refractivity contribution in [2.45, 2.75) is 31.4 Å². The highest BCUT2D eigenvalue weighted by Gasteiger charge is 2.34. The van der Waals surface area contributed by atoms with E-state index in [2.05, 4.69) is 10.6 Å². The van der Waals surface area contributed by atoms with Crippen molar-refractivity contribution in [2.75, 3.05) is 26.3 Å². The lowest BCUT2D eigenvalue weighted by Gasteiger charge is -2.36. The molecule has 0 aromatic heterocycles. The molecule has 0 saturated carbocycles. The van der Waals surface area contributed by atoms with Crippen molar-refractivity contribution in [1.82, 2.24) is 15.5 Å². The number of hydrogen-bond acceptors (Lipinski definition) is 6. The molecule has 29 heavy (non-hydrogen) atoms. The van der Waals surface area contributed by atoms with E-state index in [4.69, 9.17) is 33.3 Å². The van der Waals surface area contributed by atoms with Crippen LogP contribution in [0.25, 0.3) is 0 Å². The molecule has 0 unspecified atom stereocenters. The summed E-state index contributed by atoms with van der Waals surface area (Å²) in [5.41, 5.74) is 0.342. The van der Waals surface area contributed by atoms with E-state index in [-0.39, 0.29) is 30.2 Å². The van der Waals surface area contributed by atoms with E-state index >= 15 is 0 Å². The fraction of sp³-hybridized carbons (Fsp3) is 0.474. The Morgan fingerprint density at radius 1 is 1.41 bits per heavy atom. The second-order valence-corrected chi connectivity index (χ2v) is 7.62. The highest BCUT2D eigenvalue weighted by Crippen LogP contribution is 2.15. The van der Waals surface area contributed by atoms with E-state index in [1.807, 2.05) is 0 Å². The van der Waals surface area contributed by atoms with Gasteiger partial charge >= 0.3 is 5.97 Å². The number of hydrogen-bond donors (Lipinski definition) is 2. The molecule has 2 heterocycles. The minimum Gasteiger partial charge on any atom is -0.463 e. The summed E-state index contributed by atoms with van der Waals surface area (Å²) in [5, 5.41) is 5.81. The molecule has 2 N–H and O–H groups in total. The summed E-state index contributed by atoms with van der Waals surface area (Å²) < 4.78 is 10.7. The van der Waals surface area contributed by atoms with Crippen LogP contribution in [0, 0.1) is 0 Å². The fourth-order valence-electron chi connectivity index (χ4n) is 3.21. The lowest BCUT2D eigenvalue weighted by atomic mass is 10.1. The fourth-order valence-corrected chi connectivity index (χ4v) is 3.71. The second-order valence-electron chi connectivity index (χ2n) is 6.79. The minimum absolute atomic E-state index is 0.0711. The van der Waals surface area contributed by atoms with Crippen molar-refractivity contribution < 1.29 is 23.9 Å². The summed E-state index contributed by atoms with van der Waals surface area (Å²) in [6.07, 6.45) is 1.53. The Morgan fingerprint density at radius 2 is 2.24 bits per heavy atom. The number of piperazine rings is 1. The standard InChI is InChI=1S/C19H22ClN3O5S/c20-13-4-1-3-12(9-13)17(25)22-19(29)23-7-6-21-18(26)15(23)10-16(24)28-11-14-5-2-8-27-14/h1,3-4,9,14-15H,2,5-8,10-11H2,(H,21,26)(H,22,25,29)/t14-,15+/m1/s1. The van der Waals surface area contributed by atoms with Crippen LogP contribution in [0.2, 0.25) is 5.02 Å². The summed E-state index contributed by atoms with van der Waals surface area (Å²) in [5.74, 6) is -1.30. The zero-order valence-electron chi connectivity index (χ0n) is 15.7. The van der Waals surface area contributed by atoms with Gasteiger partial charge in [0.2, 0.25) is 5.91 Å². The molecule has 2 amide bonds. The molecule has 1 aromatic carbocycles. The number of thiocarbonyl (C=S) groups is 1. The zero-order chi connectivity index (χ0) is 20.8. The molecule has 0 radical (unpaired) electrons. The van der Waals surface area contributed by atoms with Crippen LogP contribution in [-0.2, 0) is 19.1 Å². The Labute approximate surface area is 178 Å². The van der Waals surface area contributed by atoms with Crippen molar-refractivity contribution in [3.05, 3.63) is 34.9 Å². The molecule has 2 saturated heterocycles. The van der Waals surface area contributed by atoms with Crippen molar-refractivity contribution in [1.29, 1.82) is 0 Å². The number of nitrogens with zero attached hydrogens (tertiary/aromatic N) is 1. The lowest BCUT2D eigenvalue weighted by Crippen LogP contribution is -2.60. The Morgan fingerprint density at radius 3 is 2.97 bits per heavy atom. The molecular weight excluding hydrogens is 418 g/mol. The summed E-state index contributed by atoms with van der Waals surface area (Å²) >= 11 is 11.2. The average Bonchev–Trinajstić information content (AvgIpc) is 3.21. The van der Waals surface area contributed by atoms with Crippen LogP contribution in [0.4, 0.5) is 0 Å². The minimum atomic E-state index is -0.854. The predicted octanol–water partition coefficient (Wildman–Crippen LogP) is 1.27. The first-order valence-corrected chi connectivity index (χ1v) is 10.1. The van der Waals surface area contributed by atoms with Gasteiger partial charge in [0.25, 0.3) is 5.91 Å². The van der Waals surface area contributed by atoms with E-state index < -0.39 is 17.9 Å². The summed E-state index contributed by atoms with van der Waals surface area (Å²) in [6.45, 7) is 1.56. The average molecular weight is 440 g/mol. The van der Waals surface area contributed by atoms with Gasteiger partial charge in [0.1, 0.15) is 12.6 Å². The van der Waals surface area contributed by atoms with Gasteiger partial charge in [-0.15, -0.1) is 0 Å². The maximum atomic E-state index is 12.4. The van der Waals surface area contributed by atoms with Crippen molar-refractivity contribution in [2.24, 2.45) is 0 Å². The van der Waals surface area contributed by atoms with E-state index in [1.165, 1.54) is 11.0 Å². The monoisotopic (exact) mass is 439 g/mol. The SMILES string of the molecule is O=C(C[C@H]1C(=O)NCCN1C(=S)NC(=O)c1cccc(Cl)c1)OC[C@H]1CCCO1. The lowest BCUT2D eigenvalue weighted by molar-refractivity contribution is -0.150. The van der Waals surface area contributed by atoms with E-state index in [9.17, 15) is 14.4 Å². The van der Waals surface area contributed by atoms with Crippen molar-refractivity contribution in [3.8, 4) is 0 Å². The summed E-state index contributed by atoms with van der Waals surface area (Å²) in [4.78, 5) is 38.5. The second kappa shape index (κ2) is 10.00. The third-order valence-electron chi connectivity index (χ3n) is 4.71. The Kier molecular flexibility index (Phi) is 7.40. The van der Waals surface area contributed by atoms with Gasteiger partial charge in [-0.3, -0.25) is 19.7 Å². The van der Waals surface area contributed by atoms with Crippen molar-refractivity contribution >= 4 is 46.7 Å². The molecule has 2 fully saturated rings. The molecule has 3 rings (SSSR count). The highest BCUT2D eigenvalue weighted by molar-refractivity contribution is 7.80. The topological polar surface area (TPSA) is 97.0 Å². The van der Waals surface area contributed by atoms with E-state index in [0.29, 0.717) is 30.3 Å². The van der Waals surface area contributed by atoms with Gasteiger partial charge in [-0.2, -0.15) is 0 Å². The van der Waals surface area contributed by atoms with Gasteiger partial charge in [0.05, 0.1) is 12.5 Å². The smallest absolute Gasteiger partial charge is 0.308 e. The van der Waals surface area contributed by atoms with Crippen molar-refractivity contribution in [3.63, 3.8) is 0 Å². The number of nitrogens with one attached hydrogen (secondary N) is 2. The normalized spacial score (nSPS) is 21.4. The zero-order valence-corrected chi connectivity index (χ0v) is 17.3. The number of ether oxygens (including phenoxy) is 2. The number of benzene rings is 1. The number of carbonyl (C=O) groups is 3. The summed E-state index contributed by atoms with van der Waals surface area (Å²) in [7, 11) is 0. The van der Waals surface area contributed by atoms with Crippen LogP contribution in [-0.4, -0.2) is 66.2 Å². The van der Waals surface area contributed by atoms with E-state index in [0.717, 1.165) is 12.8 Å².